The van der Waals surface area contributed by atoms with E-state index in [0.29, 0.717) is 0 Å². The van der Waals surface area contributed by atoms with E-state index in [2.05, 4.69) is 216 Å². The molecule has 0 radical (unpaired) electrons. The van der Waals surface area contributed by atoms with Gasteiger partial charge in [0, 0.05) is 24.8 Å². The maximum atomic E-state index is 4.83. The molecule has 0 N–H and O–H groups in total. The van der Waals surface area contributed by atoms with Crippen molar-refractivity contribution in [1.29, 1.82) is 0 Å². The van der Waals surface area contributed by atoms with Gasteiger partial charge in [0.2, 0.25) is 0 Å². The number of benzene rings is 8. The van der Waals surface area contributed by atoms with Crippen molar-refractivity contribution >= 4 is 89.5 Å². The number of fused-ring (bicyclic) bond motifs is 9. The van der Waals surface area contributed by atoms with Crippen molar-refractivity contribution in [3.63, 3.8) is 0 Å². The van der Waals surface area contributed by atoms with Gasteiger partial charge >= 0.3 is 348 Å². The Kier molecular flexibility index (Phi) is 9.31. The monoisotopic (exact) mass is 998 g/mol. The van der Waals surface area contributed by atoms with Gasteiger partial charge in [0.25, 0.3) is 0 Å². The summed E-state index contributed by atoms with van der Waals surface area (Å²) in [6.45, 7) is 0. The minimum Gasteiger partial charge on any atom is -0.0544 e. The molecule has 73 heavy (non-hydrogen) atoms. The SMILES string of the molecule is c1cncc(C2(c3cccnc3)c3ccccc3N(c3c4ccccc4c(N4c5ccccc5C(c5cccnc5)(c5cccnc5)c5cc6c(cc54)[se]c4ccccc46)c4ccccc34)c3ccccc32)c1. The van der Waals surface area contributed by atoms with Gasteiger partial charge in [0.1, 0.15) is 0 Å². The topological polar surface area (TPSA) is 58.0 Å². The molecule has 0 spiro atoms. The van der Waals surface area contributed by atoms with E-state index < -0.39 is 10.8 Å². The van der Waals surface area contributed by atoms with Crippen molar-refractivity contribution in [1.82, 2.24) is 19.9 Å². The maximum Gasteiger partial charge on any atom is -0.0544 e. The van der Waals surface area contributed by atoms with Crippen LogP contribution in [0.2, 0.25) is 0 Å². The molecular formula is C66H42N6Se. The standard InChI is InChI=1S/C66H42N6Se/c1-3-24-50-48(22-1)63(71-57-29-9-6-26-53(57)65(43-17-13-33-67-39-43,44-18-14-34-68-40-44)54-27-7-10-30-58(54)71)49-23-2-4-25-51(49)64(50)72-59-31-11-8-28-55(59)66(45-19-15-35-69-41-45,46-20-16-36-70-42-46)56-37-52-47-21-5-12-32-61(47)73-62(52)38-60(56)72/h1-42H. The average Bonchev–Trinajstić information content (AvgIpc) is 3.84. The third kappa shape index (κ3) is 5.80. The molecule has 7 heteroatoms. The summed E-state index contributed by atoms with van der Waals surface area (Å²) >= 11 is 0.110. The van der Waals surface area contributed by atoms with Crippen LogP contribution in [0.15, 0.2) is 256 Å². The number of hydrogen-bond donors (Lipinski definition) is 0. The summed E-state index contributed by atoms with van der Waals surface area (Å²) in [7, 11) is 0. The predicted octanol–water partition coefficient (Wildman–Crippen LogP) is 15.3. The second-order valence-corrected chi connectivity index (χ2v) is 21.2. The summed E-state index contributed by atoms with van der Waals surface area (Å²) in [6, 6.07) is 76.2. The number of anilines is 6. The summed E-state index contributed by atoms with van der Waals surface area (Å²) in [5.74, 6) is 0. The minimum absolute atomic E-state index is 0.110. The Hall–Kier alpha value is -9.00. The summed E-state index contributed by atoms with van der Waals surface area (Å²) in [6.07, 6.45) is 15.6. The third-order valence-corrected chi connectivity index (χ3v) is 17.9. The fraction of sp³-hybridized carbons (Fsp3) is 0.0303. The van der Waals surface area contributed by atoms with Crippen LogP contribution in [0.4, 0.5) is 34.1 Å². The number of para-hydroxylation sites is 3. The van der Waals surface area contributed by atoms with E-state index in [1.165, 1.54) is 30.4 Å². The molecule has 8 aromatic carbocycles. The maximum absolute atomic E-state index is 4.83. The Balaban J connectivity index is 1.07. The Morgan fingerprint density at radius 1 is 0.288 bits per heavy atom. The van der Waals surface area contributed by atoms with Crippen LogP contribution in [0.25, 0.3) is 40.8 Å². The first-order valence-corrected chi connectivity index (χ1v) is 26.4. The quantitative estimate of drug-likeness (QED) is 0.122. The van der Waals surface area contributed by atoms with E-state index in [-0.39, 0.29) is 14.5 Å². The molecule has 15 rings (SSSR count). The summed E-state index contributed by atoms with van der Waals surface area (Å²) in [5, 5.41) is 7.19. The van der Waals surface area contributed by atoms with Gasteiger partial charge in [-0.25, -0.2) is 0 Å². The molecule has 2 aliphatic rings. The second-order valence-electron chi connectivity index (χ2n) is 18.9. The molecule has 7 heterocycles. The van der Waals surface area contributed by atoms with Crippen molar-refractivity contribution in [2.45, 2.75) is 10.8 Å². The van der Waals surface area contributed by atoms with Crippen LogP contribution in [-0.2, 0) is 10.8 Å². The second kappa shape index (κ2) is 16.3. The van der Waals surface area contributed by atoms with Gasteiger partial charge in [0.15, 0.2) is 0 Å². The van der Waals surface area contributed by atoms with Gasteiger partial charge in [-0.3, -0.25) is 9.97 Å². The van der Waals surface area contributed by atoms with Gasteiger partial charge < -0.3 is 0 Å². The summed E-state index contributed by atoms with van der Waals surface area (Å²) < 4.78 is 2.78. The van der Waals surface area contributed by atoms with Crippen molar-refractivity contribution in [2.75, 3.05) is 9.80 Å². The van der Waals surface area contributed by atoms with Crippen LogP contribution in [0.5, 0.6) is 0 Å². The average molecular weight is 998 g/mol. The normalized spacial score (nSPS) is 14.2. The van der Waals surface area contributed by atoms with E-state index in [1.54, 1.807) is 0 Å². The molecule has 0 saturated carbocycles. The Labute approximate surface area is 427 Å². The van der Waals surface area contributed by atoms with E-state index >= 15 is 0 Å². The Morgan fingerprint density at radius 2 is 0.644 bits per heavy atom. The van der Waals surface area contributed by atoms with Crippen molar-refractivity contribution < 1.29 is 0 Å². The van der Waals surface area contributed by atoms with Crippen LogP contribution in [0.3, 0.4) is 0 Å². The number of hydrogen-bond acceptors (Lipinski definition) is 6. The van der Waals surface area contributed by atoms with Crippen LogP contribution in [-0.4, -0.2) is 34.4 Å². The molecule has 0 fully saturated rings. The first-order valence-electron chi connectivity index (χ1n) is 24.7. The van der Waals surface area contributed by atoms with Crippen LogP contribution in [0, 0.1) is 0 Å². The molecule has 0 amide bonds. The van der Waals surface area contributed by atoms with Crippen molar-refractivity contribution in [3.05, 3.63) is 300 Å². The zero-order valence-electron chi connectivity index (χ0n) is 39.3. The molecule has 13 aromatic rings. The largest absolute Gasteiger partial charge is 0.0544 e. The zero-order chi connectivity index (χ0) is 48.1. The van der Waals surface area contributed by atoms with Crippen LogP contribution < -0.4 is 9.80 Å². The Morgan fingerprint density at radius 3 is 1.05 bits per heavy atom. The Bertz CT molecular complexity index is 4110. The minimum atomic E-state index is -0.758. The molecule has 342 valence electrons. The van der Waals surface area contributed by atoms with Crippen molar-refractivity contribution in [3.8, 4) is 0 Å². The van der Waals surface area contributed by atoms with Crippen molar-refractivity contribution in [2.24, 2.45) is 0 Å². The molecule has 0 saturated heterocycles. The summed E-state index contributed by atoms with van der Waals surface area (Å²) in [4.78, 5) is 24.3. The fourth-order valence-electron chi connectivity index (χ4n) is 12.7. The molecule has 2 aliphatic heterocycles. The predicted molar refractivity (Wildman–Crippen MR) is 298 cm³/mol. The molecule has 5 aromatic heterocycles. The number of pyridine rings is 4. The van der Waals surface area contributed by atoms with E-state index in [9.17, 15) is 0 Å². The molecule has 0 unspecified atom stereocenters. The number of rotatable bonds is 6. The fourth-order valence-corrected chi connectivity index (χ4v) is 15.1. The van der Waals surface area contributed by atoms with Crippen LogP contribution in [0.1, 0.15) is 44.5 Å². The van der Waals surface area contributed by atoms with Gasteiger partial charge in [0.05, 0.1) is 0 Å². The van der Waals surface area contributed by atoms with Gasteiger partial charge in [-0.05, 0) is 23.3 Å². The molecular weight excluding hydrogens is 956 g/mol. The van der Waals surface area contributed by atoms with E-state index in [0.717, 1.165) is 89.0 Å². The van der Waals surface area contributed by atoms with Crippen LogP contribution >= 0.6 is 0 Å². The molecule has 0 aliphatic carbocycles. The molecule has 0 bridgehead atoms. The van der Waals surface area contributed by atoms with E-state index in [4.69, 9.17) is 19.9 Å². The van der Waals surface area contributed by atoms with Gasteiger partial charge in [-0.2, -0.15) is 0 Å². The molecule has 6 nitrogen and oxygen atoms in total. The third-order valence-electron chi connectivity index (χ3n) is 15.5. The number of nitrogens with zero attached hydrogens (tertiary/aromatic N) is 6. The number of aromatic nitrogens is 4. The smallest absolute Gasteiger partial charge is 0.0544 e. The first-order chi connectivity index (χ1) is 36.3. The van der Waals surface area contributed by atoms with Gasteiger partial charge in [-0.15, -0.1) is 0 Å². The molecule has 0 atom stereocenters. The first kappa shape index (κ1) is 41.8. The van der Waals surface area contributed by atoms with Gasteiger partial charge in [-0.1, -0.05) is 24.3 Å². The zero-order valence-corrected chi connectivity index (χ0v) is 41.1. The summed E-state index contributed by atoms with van der Waals surface area (Å²) in [5.41, 5.74) is 14.3. The van der Waals surface area contributed by atoms with E-state index in [1.807, 2.05) is 49.3 Å².